The fourth-order valence-corrected chi connectivity index (χ4v) is 8.03. The second-order valence-electron chi connectivity index (χ2n) is 12.9. The van der Waals surface area contributed by atoms with Crippen molar-refractivity contribution in [1.29, 1.82) is 0 Å². The zero-order chi connectivity index (χ0) is 28.4. The largest absolute Gasteiger partial charge is 0.507 e. The van der Waals surface area contributed by atoms with Crippen LogP contribution in [0.3, 0.4) is 0 Å². The molecule has 0 saturated heterocycles. The van der Waals surface area contributed by atoms with Gasteiger partial charge in [-0.15, -0.1) is 0 Å². The zero-order valence-electron chi connectivity index (χ0n) is 24.8. The molecule has 5 heteroatoms. The summed E-state index contributed by atoms with van der Waals surface area (Å²) < 4.78 is 6.06. The fraction of sp³-hybridized carbons (Fsp3) is 0.571. The molecule has 40 heavy (non-hydrogen) atoms. The van der Waals surface area contributed by atoms with E-state index in [1.165, 1.54) is 82.0 Å². The number of phenolic OH excluding ortho intramolecular Hbond substituents is 2. The van der Waals surface area contributed by atoms with Crippen molar-refractivity contribution < 1.29 is 14.6 Å². The van der Waals surface area contributed by atoms with Gasteiger partial charge in [-0.1, -0.05) is 51.5 Å². The molecule has 2 aromatic carbocycles. The highest BCUT2D eigenvalue weighted by Crippen LogP contribution is 2.49. The summed E-state index contributed by atoms with van der Waals surface area (Å²) in [7, 11) is 2.38. The van der Waals surface area contributed by atoms with Crippen LogP contribution in [0.2, 0.25) is 0 Å². The molecule has 216 valence electrons. The summed E-state index contributed by atoms with van der Waals surface area (Å²) >= 11 is 0. The quantitative estimate of drug-likeness (QED) is 0.252. The van der Waals surface area contributed by atoms with Gasteiger partial charge in [-0.25, -0.2) is 0 Å². The van der Waals surface area contributed by atoms with Gasteiger partial charge in [0.15, 0.2) is 5.43 Å². The summed E-state index contributed by atoms with van der Waals surface area (Å²) in [4.78, 5) is 15.5. The van der Waals surface area contributed by atoms with Crippen LogP contribution in [-0.2, 0) is 12.8 Å². The summed E-state index contributed by atoms with van der Waals surface area (Å²) in [6.07, 6.45) is 13.6. The van der Waals surface area contributed by atoms with E-state index >= 15 is 0 Å². The van der Waals surface area contributed by atoms with E-state index < -0.39 is 0 Å². The van der Waals surface area contributed by atoms with E-state index in [4.69, 9.17) is 4.42 Å². The van der Waals surface area contributed by atoms with Gasteiger partial charge < -0.3 is 19.5 Å². The van der Waals surface area contributed by atoms with Crippen LogP contribution >= 0.6 is 0 Å². The van der Waals surface area contributed by atoms with E-state index in [1.807, 2.05) is 19.1 Å². The summed E-state index contributed by atoms with van der Waals surface area (Å²) in [5.41, 5.74) is 2.98. The molecule has 0 spiro atoms. The smallest absolute Gasteiger partial charge is 0.197 e. The van der Waals surface area contributed by atoms with Crippen molar-refractivity contribution in [3.05, 3.63) is 57.7 Å². The lowest BCUT2D eigenvalue weighted by molar-refractivity contribution is -0.0111. The van der Waals surface area contributed by atoms with Gasteiger partial charge in [0, 0.05) is 28.8 Å². The molecule has 5 nitrogen and oxygen atoms in total. The maximum Gasteiger partial charge on any atom is 0.197 e. The van der Waals surface area contributed by atoms with Gasteiger partial charge in [-0.05, 0) is 101 Å². The van der Waals surface area contributed by atoms with Crippen LogP contribution in [0.1, 0.15) is 89.7 Å². The Labute approximate surface area is 239 Å². The number of aromatic hydroxyl groups is 2. The number of fused-ring (bicyclic) bond motifs is 3. The number of hydrogen-bond acceptors (Lipinski definition) is 5. The molecule has 1 aromatic heterocycles. The average molecular weight is 546 g/mol. The van der Waals surface area contributed by atoms with Crippen LogP contribution < -0.4 is 5.43 Å². The number of benzene rings is 2. The van der Waals surface area contributed by atoms with Crippen LogP contribution in [0.15, 0.2) is 45.6 Å². The second kappa shape index (κ2) is 12.0. The van der Waals surface area contributed by atoms with Crippen molar-refractivity contribution in [2.75, 3.05) is 13.6 Å². The zero-order valence-corrected chi connectivity index (χ0v) is 24.8. The van der Waals surface area contributed by atoms with Gasteiger partial charge in [0.25, 0.3) is 0 Å². The lowest BCUT2D eigenvalue weighted by Gasteiger charge is -2.53. The Bertz CT molecular complexity index is 1360. The number of rotatable bonds is 10. The summed E-state index contributed by atoms with van der Waals surface area (Å²) in [5.74, 6) is 2.91. The first-order valence-corrected chi connectivity index (χ1v) is 15.5. The molecule has 2 saturated carbocycles. The third-order valence-corrected chi connectivity index (χ3v) is 10.1. The Balaban J connectivity index is 1.16. The highest BCUT2D eigenvalue weighted by atomic mass is 16.3. The second-order valence-corrected chi connectivity index (χ2v) is 12.9. The normalized spacial score (nSPS) is 24.6. The van der Waals surface area contributed by atoms with Crippen LogP contribution in [0, 0.1) is 17.8 Å². The number of phenols is 2. The minimum atomic E-state index is -0.312. The van der Waals surface area contributed by atoms with Crippen molar-refractivity contribution in [3.8, 4) is 22.8 Å². The fourth-order valence-electron chi connectivity index (χ4n) is 8.03. The molecule has 2 atom stereocenters. The molecule has 1 heterocycles. The summed E-state index contributed by atoms with van der Waals surface area (Å²) in [6, 6.07) is 10.8. The molecule has 2 N–H and O–H groups in total. The van der Waals surface area contributed by atoms with Crippen molar-refractivity contribution in [2.45, 2.75) is 96.9 Å². The molecule has 2 fully saturated rings. The molecule has 0 aliphatic heterocycles. The molecular weight excluding hydrogens is 498 g/mol. The maximum atomic E-state index is 12.8. The van der Waals surface area contributed by atoms with Crippen LogP contribution in [0.5, 0.6) is 11.5 Å². The Morgan fingerprint density at radius 1 is 0.950 bits per heavy atom. The summed E-state index contributed by atoms with van der Waals surface area (Å²) in [6.45, 7) is 7.93. The molecular formula is C35H47NO4. The van der Waals surface area contributed by atoms with Crippen molar-refractivity contribution in [2.24, 2.45) is 17.8 Å². The van der Waals surface area contributed by atoms with Gasteiger partial charge in [0.1, 0.15) is 28.2 Å². The van der Waals surface area contributed by atoms with E-state index in [2.05, 4.69) is 37.9 Å². The molecule has 2 unspecified atom stereocenters. The van der Waals surface area contributed by atoms with Crippen molar-refractivity contribution >= 4 is 11.0 Å². The molecule has 0 radical (unpaired) electrons. The SMILES string of the molecule is CCc1c(O)cc(O)c2c(=O)cc(-c3ccc(CCCCCN(C)C4(CC)CC5CC(C)CC(C5)C4)cc3)oc12. The van der Waals surface area contributed by atoms with Gasteiger partial charge in [-0.2, -0.15) is 0 Å². The lowest BCUT2D eigenvalue weighted by Crippen LogP contribution is -2.53. The highest BCUT2D eigenvalue weighted by Gasteiger charge is 2.44. The first kappa shape index (κ1) is 28.7. The number of unbranched alkanes of at least 4 members (excludes halogenated alkanes) is 2. The number of hydrogen-bond donors (Lipinski definition) is 2. The number of aryl methyl sites for hydroxylation is 2. The number of nitrogens with zero attached hydrogens (tertiary/aromatic N) is 1. The van der Waals surface area contributed by atoms with Gasteiger partial charge in [-0.3, -0.25) is 4.79 Å². The Morgan fingerprint density at radius 3 is 2.30 bits per heavy atom. The molecule has 2 aliphatic rings. The van der Waals surface area contributed by atoms with Crippen molar-refractivity contribution in [3.63, 3.8) is 0 Å². The predicted octanol–water partition coefficient (Wildman–Crippen LogP) is 8.07. The van der Waals surface area contributed by atoms with E-state index in [1.54, 1.807) is 0 Å². The first-order chi connectivity index (χ1) is 19.2. The molecule has 0 amide bonds. The summed E-state index contributed by atoms with van der Waals surface area (Å²) in [5, 5.41) is 20.6. The van der Waals surface area contributed by atoms with E-state index in [0.29, 0.717) is 23.3 Å². The van der Waals surface area contributed by atoms with Gasteiger partial charge in [0.05, 0.1) is 0 Å². The molecule has 3 aromatic rings. The maximum absolute atomic E-state index is 12.8. The Morgan fingerprint density at radius 2 is 1.65 bits per heavy atom. The van der Waals surface area contributed by atoms with E-state index in [0.717, 1.165) is 29.7 Å². The third kappa shape index (κ3) is 5.81. The molecule has 2 aliphatic carbocycles. The monoisotopic (exact) mass is 545 g/mol. The Hall–Kier alpha value is -2.79. The van der Waals surface area contributed by atoms with Gasteiger partial charge >= 0.3 is 0 Å². The standard InChI is InChI=1S/C35H47NO4/c1-5-28-29(37)19-30(38)33-31(39)20-32(40-34(28)33)27-13-11-24(12-14-27)10-8-7-9-15-36(4)35(6-2)21-25-16-23(3)17-26(18-25)22-35/h11-14,19-20,23,25-26,37-38H,5-10,15-18,21-22H2,1-4H3. The van der Waals surface area contributed by atoms with Crippen LogP contribution in [0.4, 0.5) is 0 Å². The van der Waals surface area contributed by atoms with Crippen LogP contribution in [-0.4, -0.2) is 34.2 Å². The third-order valence-electron chi connectivity index (χ3n) is 10.1. The first-order valence-electron chi connectivity index (χ1n) is 15.5. The van der Waals surface area contributed by atoms with E-state index in [-0.39, 0.29) is 27.9 Å². The molecule has 2 bridgehead atoms. The van der Waals surface area contributed by atoms with E-state index in [9.17, 15) is 15.0 Å². The minimum Gasteiger partial charge on any atom is -0.507 e. The average Bonchev–Trinajstić information content (AvgIpc) is 2.92. The predicted molar refractivity (Wildman–Crippen MR) is 163 cm³/mol. The minimum absolute atomic E-state index is 0.0601. The molecule has 5 rings (SSSR count). The van der Waals surface area contributed by atoms with Crippen LogP contribution in [0.25, 0.3) is 22.3 Å². The lowest BCUT2D eigenvalue weighted by atomic mass is 9.61. The Kier molecular flexibility index (Phi) is 8.61. The highest BCUT2D eigenvalue weighted by molar-refractivity contribution is 5.89. The topological polar surface area (TPSA) is 73.9 Å². The van der Waals surface area contributed by atoms with Crippen molar-refractivity contribution in [1.82, 2.24) is 4.90 Å². The van der Waals surface area contributed by atoms with Gasteiger partial charge in [0.2, 0.25) is 0 Å².